The monoisotopic (exact) mass is 468 g/mol. The van der Waals surface area contributed by atoms with Gasteiger partial charge in [-0.1, -0.05) is 75.4 Å². The van der Waals surface area contributed by atoms with Gasteiger partial charge in [0.15, 0.2) is 0 Å². The third-order valence-corrected chi connectivity index (χ3v) is 6.05. The van der Waals surface area contributed by atoms with Crippen LogP contribution >= 0.6 is 0 Å². The molecular formula is C29H28N2O4. The van der Waals surface area contributed by atoms with Crippen LogP contribution in [0.5, 0.6) is 0 Å². The summed E-state index contributed by atoms with van der Waals surface area (Å²) in [5, 5.41) is 13.9. The number of hydrogen-bond acceptors (Lipinski definition) is 4. The van der Waals surface area contributed by atoms with Gasteiger partial charge < -0.3 is 10.4 Å². The molecule has 0 saturated carbocycles. The Kier molecular flexibility index (Phi) is 6.31. The summed E-state index contributed by atoms with van der Waals surface area (Å²) in [6.45, 7) is 7.75. The highest BCUT2D eigenvalue weighted by Crippen LogP contribution is 2.42. The number of carbonyl (C=O) groups excluding carboxylic acids is 3. The number of aliphatic hydroxyl groups is 1. The van der Waals surface area contributed by atoms with Crippen LogP contribution in [0, 0.1) is 0 Å². The largest absolute Gasteiger partial charge is 0.507 e. The molecular weight excluding hydrogens is 440 g/mol. The Labute approximate surface area is 204 Å². The van der Waals surface area contributed by atoms with E-state index in [9.17, 15) is 19.5 Å². The standard InChI is InChI=1S/C29H28N2O4/c1-18(32)30-22-14-16-23(17-15-22)31-25(19-10-12-21(13-11-19)29(2,3)4)24(27(34)28(31)35)26(33)20-8-6-5-7-9-20/h5-17,25,33H,1-4H3,(H,30,32)/b26-24-. The van der Waals surface area contributed by atoms with Gasteiger partial charge >= 0.3 is 0 Å². The molecule has 3 aromatic rings. The van der Waals surface area contributed by atoms with Crippen molar-refractivity contribution in [3.8, 4) is 0 Å². The van der Waals surface area contributed by atoms with Crippen LogP contribution in [0.25, 0.3) is 5.76 Å². The highest BCUT2D eigenvalue weighted by molar-refractivity contribution is 6.51. The van der Waals surface area contributed by atoms with Gasteiger partial charge in [-0.2, -0.15) is 0 Å². The highest BCUT2D eigenvalue weighted by Gasteiger charge is 2.47. The summed E-state index contributed by atoms with van der Waals surface area (Å²) in [6.07, 6.45) is 0. The van der Waals surface area contributed by atoms with Gasteiger partial charge in [0.05, 0.1) is 11.6 Å². The molecule has 1 heterocycles. The van der Waals surface area contributed by atoms with Gasteiger partial charge in [-0.25, -0.2) is 0 Å². The van der Waals surface area contributed by atoms with Gasteiger partial charge in [0.1, 0.15) is 5.76 Å². The molecule has 1 fully saturated rings. The first-order valence-electron chi connectivity index (χ1n) is 11.4. The molecule has 6 nitrogen and oxygen atoms in total. The molecule has 1 aliphatic rings. The van der Waals surface area contributed by atoms with Crippen molar-refractivity contribution in [3.63, 3.8) is 0 Å². The van der Waals surface area contributed by atoms with Crippen molar-refractivity contribution >= 4 is 34.7 Å². The smallest absolute Gasteiger partial charge is 0.300 e. The maximum Gasteiger partial charge on any atom is 0.300 e. The molecule has 1 atom stereocenters. The molecule has 2 amide bonds. The van der Waals surface area contributed by atoms with E-state index >= 15 is 0 Å². The lowest BCUT2D eigenvalue weighted by molar-refractivity contribution is -0.132. The Morgan fingerprint density at radius 3 is 2.03 bits per heavy atom. The maximum atomic E-state index is 13.3. The van der Waals surface area contributed by atoms with Crippen molar-refractivity contribution in [1.29, 1.82) is 0 Å². The minimum atomic E-state index is -0.809. The van der Waals surface area contributed by atoms with Crippen LogP contribution in [-0.2, 0) is 19.8 Å². The Bertz CT molecular complexity index is 1300. The van der Waals surface area contributed by atoms with Crippen molar-refractivity contribution in [2.45, 2.75) is 39.2 Å². The zero-order valence-corrected chi connectivity index (χ0v) is 20.2. The lowest BCUT2D eigenvalue weighted by Gasteiger charge is -2.26. The number of carbonyl (C=O) groups is 3. The van der Waals surface area contributed by atoms with Crippen molar-refractivity contribution in [2.75, 3.05) is 10.2 Å². The van der Waals surface area contributed by atoms with Gasteiger partial charge in [0, 0.05) is 23.9 Å². The van der Waals surface area contributed by atoms with Crippen LogP contribution < -0.4 is 10.2 Å². The quantitative estimate of drug-likeness (QED) is 0.298. The molecule has 0 radical (unpaired) electrons. The van der Waals surface area contributed by atoms with Crippen molar-refractivity contribution in [3.05, 3.63) is 101 Å². The van der Waals surface area contributed by atoms with E-state index in [4.69, 9.17) is 0 Å². The third kappa shape index (κ3) is 4.73. The van der Waals surface area contributed by atoms with Crippen LogP contribution in [0.3, 0.4) is 0 Å². The second-order valence-corrected chi connectivity index (χ2v) is 9.64. The van der Waals surface area contributed by atoms with E-state index in [1.807, 2.05) is 30.3 Å². The first kappa shape index (κ1) is 24.0. The molecule has 1 aliphatic heterocycles. The van der Waals surface area contributed by atoms with E-state index in [1.54, 1.807) is 48.5 Å². The Morgan fingerprint density at radius 2 is 1.49 bits per heavy atom. The molecule has 0 aromatic heterocycles. The molecule has 0 aliphatic carbocycles. The number of aliphatic hydroxyl groups excluding tert-OH is 1. The summed E-state index contributed by atoms with van der Waals surface area (Å²) in [7, 11) is 0. The summed E-state index contributed by atoms with van der Waals surface area (Å²) >= 11 is 0. The molecule has 0 bridgehead atoms. The van der Waals surface area contributed by atoms with E-state index in [0.29, 0.717) is 22.5 Å². The van der Waals surface area contributed by atoms with Gasteiger partial charge in [-0.15, -0.1) is 0 Å². The lowest BCUT2D eigenvalue weighted by Crippen LogP contribution is -2.29. The van der Waals surface area contributed by atoms with E-state index < -0.39 is 17.7 Å². The van der Waals surface area contributed by atoms with Crippen molar-refractivity contribution in [1.82, 2.24) is 0 Å². The molecule has 35 heavy (non-hydrogen) atoms. The fraction of sp³-hybridized carbons (Fsp3) is 0.207. The predicted molar refractivity (Wildman–Crippen MR) is 137 cm³/mol. The maximum absolute atomic E-state index is 13.3. The Balaban J connectivity index is 1.87. The van der Waals surface area contributed by atoms with E-state index in [0.717, 1.165) is 5.56 Å². The molecule has 4 rings (SSSR count). The predicted octanol–water partition coefficient (Wildman–Crippen LogP) is 5.57. The van der Waals surface area contributed by atoms with Crippen LogP contribution in [0.4, 0.5) is 11.4 Å². The minimum Gasteiger partial charge on any atom is -0.507 e. The highest BCUT2D eigenvalue weighted by atomic mass is 16.3. The van der Waals surface area contributed by atoms with Crippen molar-refractivity contribution in [2.24, 2.45) is 0 Å². The number of Topliss-reactive ketones (excluding diaryl/α,β-unsaturated/α-hetero) is 1. The number of nitrogens with zero attached hydrogens (tertiary/aromatic N) is 1. The zero-order chi connectivity index (χ0) is 25.3. The molecule has 6 heteroatoms. The van der Waals surface area contributed by atoms with Crippen LogP contribution in [0.15, 0.2) is 84.4 Å². The number of hydrogen-bond donors (Lipinski definition) is 2. The first-order valence-corrected chi connectivity index (χ1v) is 11.4. The fourth-order valence-electron chi connectivity index (χ4n) is 4.24. The number of anilines is 2. The van der Waals surface area contributed by atoms with Crippen LogP contribution in [0.1, 0.15) is 50.4 Å². The summed E-state index contributed by atoms with van der Waals surface area (Å²) in [5.41, 5.74) is 3.32. The van der Waals surface area contributed by atoms with E-state index in [1.165, 1.54) is 11.8 Å². The number of amides is 2. The minimum absolute atomic E-state index is 0.0376. The van der Waals surface area contributed by atoms with Gasteiger partial charge in [0.25, 0.3) is 11.7 Å². The summed E-state index contributed by atoms with van der Waals surface area (Å²) in [5.74, 6) is -1.90. The number of rotatable bonds is 4. The van der Waals surface area contributed by atoms with Gasteiger partial charge in [-0.05, 0) is 40.8 Å². The normalized spacial score (nSPS) is 17.5. The SMILES string of the molecule is CC(=O)Nc1ccc(N2C(=O)C(=O)/C(=C(\O)c3ccccc3)C2c2ccc(C(C)(C)C)cc2)cc1. The number of benzene rings is 3. The van der Waals surface area contributed by atoms with Gasteiger partial charge in [0.2, 0.25) is 5.91 Å². The number of ketones is 1. The molecule has 1 saturated heterocycles. The van der Waals surface area contributed by atoms with Crippen LogP contribution in [-0.4, -0.2) is 22.7 Å². The molecule has 0 spiro atoms. The van der Waals surface area contributed by atoms with Crippen molar-refractivity contribution < 1.29 is 19.5 Å². The average Bonchev–Trinajstić information content (AvgIpc) is 3.09. The van der Waals surface area contributed by atoms with E-state index in [2.05, 4.69) is 26.1 Å². The summed E-state index contributed by atoms with van der Waals surface area (Å²) < 4.78 is 0. The Hall–Kier alpha value is -4.19. The zero-order valence-electron chi connectivity index (χ0n) is 20.2. The second-order valence-electron chi connectivity index (χ2n) is 9.64. The summed E-state index contributed by atoms with van der Waals surface area (Å²) in [4.78, 5) is 39.3. The van der Waals surface area contributed by atoms with Gasteiger partial charge in [-0.3, -0.25) is 19.3 Å². The molecule has 178 valence electrons. The van der Waals surface area contributed by atoms with Crippen LogP contribution in [0.2, 0.25) is 0 Å². The molecule has 2 N–H and O–H groups in total. The first-order chi connectivity index (χ1) is 16.6. The lowest BCUT2D eigenvalue weighted by atomic mass is 9.85. The summed E-state index contributed by atoms with van der Waals surface area (Å²) in [6, 6.07) is 22.4. The fourth-order valence-corrected chi connectivity index (χ4v) is 4.24. The molecule has 3 aromatic carbocycles. The average molecular weight is 469 g/mol. The topological polar surface area (TPSA) is 86.7 Å². The molecule has 1 unspecified atom stereocenters. The Morgan fingerprint density at radius 1 is 0.886 bits per heavy atom. The second kappa shape index (κ2) is 9.22. The third-order valence-electron chi connectivity index (χ3n) is 6.05. The number of nitrogens with one attached hydrogen (secondary N) is 1. The van der Waals surface area contributed by atoms with E-state index in [-0.39, 0.29) is 22.7 Å².